The zero-order chi connectivity index (χ0) is 42.8. The zero-order valence-electron chi connectivity index (χ0n) is 40.4. The Labute approximate surface area is 428 Å². The molecule has 2 fully saturated rings. The van der Waals surface area contributed by atoms with Crippen LogP contribution in [0.1, 0.15) is 128 Å². The molecule has 10 rings (SSSR count). The van der Waals surface area contributed by atoms with Crippen molar-refractivity contribution in [2.24, 2.45) is 10.8 Å². The van der Waals surface area contributed by atoms with Gasteiger partial charge in [-0.1, -0.05) is 174 Å². The van der Waals surface area contributed by atoms with Crippen molar-refractivity contribution in [3.8, 4) is 22.3 Å². The van der Waals surface area contributed by atoms with Crippen LogP contribution >= 0.6 is 24.8 Å². The van der Waals surface area contributed by atoms with Gasteiger partial charge in [-0.25, -0.2) is 0 Å². The Morgan fingerprint density at radius 2 is 0.803 bits per heavy atom. The molecule has 2 radical (unpaired) electrons. The van der Waals surface area contributed by atoms with Crippen LogP contribution in [0, 0.1) is 25.7 Å². The third-order valence-corrected chi connectivity index (χ3v) is 14.8. The van der Waals surface area contributed by atoms with Crippen molar-refractivity contribution in [3.63, 3.8) is 0 Å². The average molecular weight is 1010 g/mol. The molecule has 8 aromatic rings. The number of hydrogen-bond acceptors (Lipinski definition) is 0. The summed E-state index contributed by atoms with van der Waals surface area (Å²) < 4.78 is 0. The fraction of sp³-hybridized carbons (Fsp3) is 0.355. The zero-order valence-corrected chi connectivity index (χ0v) is 45.5. The van der Waals surface area contributed by atoms with Crippen LogP contribution in [0.2, 0.25) is 0 Å². The SMILES string of the molecule is CCCC1(Cc2cc3c(-c4ccc5ccccc5c4)cccc3[cH-]2)CCCCCC1.CCCC1(Cc2cc3c(-c4ccc5ccccc5c4)cccc3[cH-]2)CCCCCC1.Cl.Cl.[CH3-].[CH3-].[Si]=[Zr]. The fourth-order valence-corrected chi connectivity index (χ4v) is 11.9. The molecule has 66 heavy (non-hydrogen) atoms. The summed E-state index contributed by atoms with van der Waals surface area (Å²) in [6.07, 6.45) is 25.0. The molecule has 4 heteroatoms. The Morgan fingerprint density at radius 1 is 0.439 bits per heavy atom. The Morgan fingerprint density at radius 3 is 1.17 bits per heavy atom. The number of halogens is 2. The van der Waals surface area contributed by atoms with Gasteiger partial charge in [0, 0.05) is 0 Å². The van der Waals surface area contributed by atoms with Gasteiger partial charge in [0.2, 0.25) is 0 Å². The Hall–Kier alpha value is -3.26. The molecule has 348 valence electrons. The first-order valence-electron chi connectivity index (χ1n) is 24.1. The molecule has 0 amide bonds. The molecule has 0 bridgehead atoms. The fourth-order valence-electron chi connectivity index (χ4n) is 11.9. The Bertz CT molecular complexity index is 2500. The van der Waals surface area contributed by atoms with E-state index in [1.54, 1.807) is 11.1 Å². The molecule has 0 nitrogen and oxygen atoms in total. The Balaban J connectivity index is 0.000000263. The van der Waals surface area contributed by atoms with Crippen molar-refractivity contribution in [3.05, 3.63) is 172 Å². The topological polar surface area (TPSA) is 0 Å². The van der Waals surface area contributed by atoms with Crippen LogP contribution in [0.5, 0.6) is 0 Å². The van der Waals surface area contributed by atoms with Gasteiger partial charge < -0.3 is 14.9 Å². The molecular weight excluding hydrogens is 935 g/mol. The van der Waals surface area contributed by atoms with Gasteiger partial charge in [-0.2, -0.15) is 12.1 Å². The van der Waals surface area contributed by atoms with Crippen molar-refractivity contribution in [2.75, 3.05) is 0 Å². The quantitative estimate of drug-likeness (QED) is 0.0728. The molecule has 0 aliphatic heterocycles. The van der Waals surface area contributed by atoms with E-state index >= 15 is 0 Å². The summed E-state index contributed by atoms with van der Waals surface area (Å²) in [5, 5.41) is 10.9. The first-order chi connectivity index (χ1) is 30.5. The van der Waals surface area contributed by atoms with Crippen LogP contribution < -0.4 is 0 Å². The molecule has 0 saturated heterocycles. The monoisotopic (exact) mass is 1010 g/mol. The van der Waals surface area contributed by atoms with Gasteiger partial charge in [0.15, 0.2) is 0 Å². The van der Waals surface area contributed by atoms with E-state index in [0.29, 0.717) is 10.8 Å². The van der Waals surface area contributed by atoms with Crippen LogP contribution in [0.15, 0.2) is 146 Å². The standard InChI is InChI=1S/2C30H33.2CH3.2ClH.Si.Zr/c2*1-2-16-30(17-7-3-4-8-18-30)22-23-19-26-12-9-13-28(29(26)20-23)27-15-14-24-10-5-6-11-25(24)21-27;;;;;;/h2*5-6,9-15,19-21H,2-4,7-8,16-18,22H2,1H3;2*1H3;2*1H;;/q4*-1;;;;. The van der Waals surface area contributed by atoms with Crippen LogP contribution in [-0.4, -0.2) is 6.88 Å². The van der Waals surface area contributed by atoms with Crippen LogP contribution in [-0.2, 0) is 36.2 Å². The number of fused-ring (bicyclic) bond motifs is 4. The number of rotatable bonds is 10. The van der Waals surface area contributed by atoms with Gasteiger partial charge in [0.25, 0.3) is 0 Å². The van der Waals surface area contributed by atoms with Gasteiger partial charge >= 0.3 is 30.2 Å². The average Bonchev–Trinajstić information content (AvgIpc) is 3.74. The summed E-state index contributed by atoms with van der Waals surface area (Å²) in [5.41, 5.74) is 9.55. The van der Waals surface area contributed by atoms with Gasteiger partial charge in [0.05, 0.1) is 0 Å². The van der Waals surface area contributed by atoms with Gasteiger partial charge in [-0.15, -0.1) is 93.9 Å². The summed E-state index contributed by atoms with van der Waals surface area (Å²) in [5.74, 6) is 0. The van der Waals surface area contributed by atoms with Gasteiger partial charge in [0.1, 0.15) is 0 Å². The van der Waals surface area contributed by atoms with E-state index in [0.717, 1.165) is 0 Å². The molecule has 8 aromatic carbocycles. The third kappa shape index (κ3) is 13.1. The maximum absolute atomic E-state index is 3.06. The molecule has 0 unspecified atom stereocenters. The van der Waals surface area contributed by atoms with Crippen molar-refractivity contribution in [2.45, 2.75) is 129 Å². The predicted octanol–water partition coefficient (Wildman–Crippen LogP) is 19.5. The predicted molar refractivity (Wildman–Crippen MR) is 296 cm³/mol. The van der Waals surface area contributed by atoms with E-state index in [-0.39, 0.29) is 39.7 Å². The van der Waals surface area contributed by atoms with Crippen LogP contribution in [0.3, 0.4) is 0 Å². The number of benzene rings is 6. The second-order valence-corrected chi connectivity index (χ2v) is 19.1. The molecule has 2 saturated carbocycles. The minimum absolute atomic E-state index is 0. The molecular formula is C62H74Cl2SiZr-4. The molecule has 2 aliphatic carbocycles. The number of hydrogen-bond donors (Lipinski definition) is 0. The van der Waals surface area contributed by atoms with E-state index in [9.17, 15) is 0 Å². The summed E-state index contributed by atoms with van der Waals surface area (Å²) in [7, 11) is 0. The molecule has 0 atom stereocenters. The van der Waals surface area contributed by atoms with E-state index in [4.69, 9.17) is 0 Å². The molecule has 0 heterocycles. The summed E-state index contributed by atoms with van der Waals surface area (Å²) in [4.78, 5) is 0. The van der Waals surface area contributed by atoms with Crippen molar-refractivity contribution in [1.29, 1.82) is 0 Å². The summed E-state index contributed by atoms with van der Waals surface area (Å²) in [6, 6.07) is 54.7. The molecule has 2 aliphatic rings. The minimum atomic E-state index is 0. The second kappa shape index (κ2) is 26.5. The van der Waals surface area contributed by atoms with Gasteiger partial charge in [-0.3, -0.25) is 0 Å². The second-order valence-electron chi connectivity index (χ2n) is 19.1. The van der Waals surface area contributed by atoms with Crippen molar-refractivity contribution in [1.82, 2.24) is 0 Å². The first-order valence-corrected chi connectivity index (χ1v) is 28.3. The summed E-state index contributed by atoms with van der Waals surface area (Å²) in [6.45, 7) is 7.80. The normalized spacial score (nSPS) is 15.2. The van der Waals surface area contributed by atoms with Crippen LogP contribution in [0.25, 0.3) is 65.3 Å². The van der Waals surface area contributed by atoms with Crippen LogP contribution in [0.4, 0.5) is 0 Å². The van der Waals surface area contributed by atoms with E-state index < -0.39 is 0 Å². The molecule has 0 spiro atoms. The van der Waals surface area contributed by atoms with E-state index in [1.165, 1.54) is 204 Å². The van der Waals surface area contributed by atoms with Crippen molar-refractivity contribution >= 4 is 74.8 Å². The summed E-state index contributed by atoms with van der Waals surface area (Å²) >= 11 is 1.36. The third-order valence-electron chi connectivity index (χ3n) is 14.8. The Kier molecular flexibility index (Phi) is 22.2. The first kappa shape index (κ1) is 55.3. The molecule has 0 N–H and O–H groups in total. The molecule has 0 aromatic heterocycles. The van der Waals surface area contributed by atoms with E-state index in [2.05, 4.69) is 166 Å². The van der Waals surface area contributed by atoms with E-state index in [1.807, 2.05) is 0 Å². The van der Waals surface area contributed by atoms with Gasteiger partial charge in [-0.05, 0) is 107 Å². The maximum atomic E-state index is 3.06. The van der Waals surface area contributed by atoms with Crippen molar-refractivity contribution < 1.29 is 23.3 Å².